The number of rotatable bonds is 8. The van der Waals surface area contributed by atoms with Crippen LogP contribution in [0.25, 0.3) is 0 Å². The zero-order valence-corrected chi connectivity index (χ0v) is 32.8. The minimum atomic E-state index is -3.70. The molecule has 19 heteroatoms. The quantitative estimate of drug-likeness (QED) is 0.0776. The molecule has 2 heterocycles. The minimum Gasteiger partial charge on any atom is -0.398 e. The Morgan fingerprint density at radius 1 is 0.653 bits per heavy atom. The first kappa shape index (κ1) is 42.6. The molecule has 0 saturated heterocycles. The van der Waals surface area contributed by atoms with E-state index >= 15 is 0 Å². The van der Waals surface area contributed by atoms with Crippen LogP contribution in [-0.2, 0) is 20.0 Å². The highest BCUT2D eigenvalue weighted by Crippen LogP contribution is 2.28. The van der Waals surface area contributed by atoms with E-state index in [1.165, 1.54) is 24.5 Å². The lowest BCUT2D eigenvalue weighted by atomic mass is 9.98. The van der Waals surface area contributed by atoms with Crippen LogP contribution in [0.1, 0.15) is 41.5 Å². The lowest BCUT2D eigenvalue weighted by Crippen LogP contribution is -2.32. The number of aromatic nitrogens is 4. The third kappa shape index (κ3) is 15.1. The van der Waals surface area contributed by atoms with Gasteiger partial charge in [-0.25, -0.2) is 41.2 Å². The van der Waals surface area contributed by atoms with Crippen LogP contribution in [-0.4, -0.2) is 49.9 Å². The van der Waals surface area contributed by atoms with E-state index in [0.717, 1.165) is 0 Å². The molecule has 4 aromatic rings. The van der Waals surface area contributed by atoms with Crippen LogP contribution >= 0.6 is 58.0 Å². The fraction of sp³-hybridized carbons (Fsp3) is 0.333. The highest BCUT2D eigenvalue weighted by molar-refractivity contribution is 7.90. The third-order valence-corrected chi connectivity index (χ3v) is 9.85. The molecule has 0 spiro atoms. The molecule has 0 radical (unpaired) electrons. The number of para-hydroxylation sites is 2. The van der Waals surface area contributed by atoms with E-state index in [1.807, 2.05) is 41.5 Å². The summed E-state index contributed by atoms with van der Waals surface area (Å²) in [6, 6.07) is 12.9. The van der Waals surface area contributed by atoms with Crippen LogP contribution in [0.5, 0.6) is 0 Å². The molecule has 4 rings (SSSR count). The Balaban J connectivity index is 0.000000285. The molecule has 268 valence electrons. The van der Waals surface area contributed by atoms with E-state index in [9.17, 15) is 16.8 Å². The number of nitrogen functional groups attached to an aromatic ring is 1. The SMILES string of the molecule is CC(C)(C)CNS(=O)(=O)c1ccccc1N.CC(C)(C)CNS(=O)(=O)c1ccccc1Nc1nc(Cl)ncc1Cl.Clc1ncc(Cl)c(Cl)n1. The predicted octanol–water partition coefficient (Wildman–Crippen LogP) is 7.88. The van der Waals surface area contributed by atoms with Crippen molar-refractivity contribution >= 4 is 95.2 Å². The number of hydrogen-bond donors (Lipinski definition) is 4. The van der Waals surface area contributed by atoms with Crippen molar-refractivity contribution in [1.82, 2.24) is 29.4 Å². The molecule has 5 N–H and O–H groups in total. The van der Waals surface area contributed by atoms with Gasteiger partial charge < -0.3 is 11.1 Å². The monoisotopic (exact) mass is 812 g/mol. The third-order valence-electron chi connectivity index (χ3n) is 5.61. The Morgan fingerprint density at radius 3 is 1.59 bits per heavy atom. The van der Waals surface area contributed by atoms with Gasteiger partial charge in [0, 0.05) is 13.1 Å². The van der Waals surface area contributed by atoms with Crippen LogP contribution in [0, 0.1) is 10.8 Å². The number of nitrogens with one attached hydrogen (secondary N) is 3. The summed E-state index contributed by atoms with van der Waals surface area (Å²) in [7, 11) is -7.20. The second-order valence-corrected chi connectivity index (χ2v) is 17.9. The molecular formula is C30H37Cl5N8O4S2. The summed E-state index contributed by atoms with van der Waals surface area (Å²) in [4.78, 5) is 15.1. The highest BCUT2D eigenvalue weighted by atomic mass is 35.5. The summed E-state index contributed by atoms with van der Waals surface area (Å²) < 4.78 is 54.2. The maximum Gasteiger partial charge on any atom is 0.242 e. The van der Waals surface area contributed by atoms with Crippen LogP contribution in [0.3, 0.4) is 0 Å². The Hall–Kier alpha value is -2.53. The molecule has 49 heavy (non-hydrogen) atoms. The first-order valence-corrected chi connectivity index (χ1v) is 19.1. The summed E-state index contributed by atoms with van der Waals surface area (Å²) in [6.45, 7) is 12.4. The number of nitrogens with zero attached hydrogens (tertiary/aromatic N) is 4. The molecule has 0 amide bonds. The van der Waals surface area contributed by atoms with Gasteiger partial charge in [0.25, 0.3) is 0 Å². The van der Waals surface area contributed by atoms with E-state index in [0.29, 0.717) is 23.8 Å². The molecule has 0 bridgehead atoms. The van der Waals surface area contributed by atoms with Gasteiger partial charge in [0.2, 0.25) is 30.6 Å². The van der Waals surface area contributed by atoms with Crippen molar-refractivity contribution in [1.29, 1.82) is 0 Å². The maximum atomic E-state index is 12.6. The normalized spacial score (nSPS) is 11.9. The fourth-order valence-electron chi connectivity index (χ4n) is 3.20. The van der Waals surface area contributed by atoms with E-state index in [1.54, 1.807) is 36.4 Å². The van der Waals surface area contributed by atoms with Crippen molar-refractivity contribution in [2.75, 3.05) is 24.1 Å². The summed E-state index contributed by atoms with van der Waals surface area (Å²) >= 11 is 28.0. The summed E-state index contributed by atoms with van der Waals surface area (Å²) in [6.07, 6.45) is 2.69. The van der Waals surface area contributed by atoms with Gasteiger partial charge in [-0.3, -0.25) is 0 Å². The molecular weight excluding hydrogens is 778 g/mol. The van der Waals surface area contributed by atoms with Gasteiger partial charge >= 0.3 is 0 Å². The van der Waals surface area contributed by atoms with Gasteiger partial charge in [0.1, 0.15) is 14.8 Å². The lowest BCUT2D eigenvalue weighted by Gasteiger charge is -2.20. The van der Waals surface area contributed by atoms with Gasteiger partial charge in [-0.15, -0.1) is 0 Å². The van der Waals surface area contributed by atoms with Crippen LogP contribution in [0.2, 0.25) is 25.8 Å². The van der Waals surface area contributed by atoms with Crippen LogP contribution in [0.4, 0.5) is 17.2 Å². The second kappa shape index (κ2) is 18.1. The Kier molecular flexibility index (Phi) is 15.8. The van der Waals surface area contributed by atoms with Crippen molar-refractivity contribution in [2.24, 2.45) is 10.8 Å². The highest BCUT2D eigenvalue weighted by Gasteiger charge is 2.22. The van der Waals surface area contributed by atoms with E-state index in [4.69, 9.17) is 63.7 Å². The van der Waals surface area contributed by atoms with Crippen molar-refractivity contribution in [2.45, 2.75) is 51.3 Å². The fourth-order valence-corrected chi connectivity index (χ4v) is 6.72. The zero-order chi connectivity index (χ0) is 37.2. The Bertz CT molecular complexity index is 1940. The topological polar surface area (TPSA) is 182 Å². The van der Waals surface area contributed by atoms with E-state index in [-0.39, 0.29) is 52.9 Å². The van der Waals surface area contributed by atoms with Crippen molar-refractivity contribution in [3.05, 3.63) is 86.7 Å². The lowest BCUT2D eigenvalue weighted by molar-refractivity contribution is 0.407. The molecule has 0 aliphatic carbocycles. The van der Waals surface area contributed by atoms with Crippen molar-refractivity contribution in [3.8, 4) is 0 Å². The van der Waals surface area contributed by atoms with E-state index in [2.05, 4.69) is 34.7 Å². The van der Waals surface area contributed by atoms with Crippen molar-refractivity contribution < 1.29 is 16.8 Å². The molecule has 0 aliphatic heterocycles. The Morgan fingerprint density at radius 2 is 1.10 bits per heavy atom. The molecule has 2 aromatic heterocycles. The zero-order valence-electron chi connectivity index (χ0n) is 27.4. The van der Waals surface area contributed by atoms with E-state index < -0.39 is 20.0 Å². The summed E-state index contributed by atoms with van der Waals surface area (Å²) in [5.41, 5.74) is 5.96. The van der Waals surface area contributed by atoms with Crippen LogP contribution < -0.4 is 20.5 Å². The number of sulfonamides is 2. The predicted molar refractivity (Wildman–Crippen MR) is 199 cm³/mol. The molecule has 0 aliphatic rings. The van der Waals surface area contributed by atoms with Gasteiger partial charge in [-0.05, 0) is 58.3 Å². The summed E-state index contributed by atoms with van der Waals surface area (Å²) in [5.74, 6) is 0.232. The average Bonchev–Trinajstić information content (AvgIpc) is 2.99. The smallest absolute Gasteiger partial charge is 0.242 e. The maximum absolute atomic E-state index is 12.6. The molecule has 2 aromatic carbocycles. The number of anilines is 3. The standard InChI is InChI=1S/C15H18Cl2N4O2S.C11H18N2O2S.C4HCl3N2/c1-15(2,3)9-19-24(22,23)12-7-5-4-6-11(12)20-13-10(16)8-18-14(17)21-13;1-11(2,3)8-13-16(14,15)10-7-5-4-6-9(10)12;5-2-1-8-4(7)9-3(2)6/h4-8,19H,9H2,1-3H3,(H,18,20,21);4-7,13H,8,12H2,1-3H3;1H. The molecule has 0 atom stereocenters. The average molecular weight is 815 g/mol. The van der Waals surface area contributed by atoms with Crippen LogP contribution in [0.15, 0.2) is 70.7 Å². The number of halogens is 5. The first-order chi connectivity index (χ1) is 22.5. The molecule has 0 unspecified atom stereocenters. The van der Waals surface area contributed by atoms with Gasteiger partial charge in [0.05, 0.1) is 28.8 Å². The van der Waals surface area contributed by atoms with Gasteiger partial charge in [-0.1, -0.05) is 101 Å². The number of benzene rings is 2. The largest absolute Gasteiger partial charge is 0.398 e. The van der Waals surface area contributed by atoms with Crippen molar-refractivity contribution in [3.63, 3.8) is 0 Å². The molecule has 12 nitrogen and oxygen atoms in total. The second-order valence-electron chi connectivity index (χ2n) is 12.5. The molecule has 0 saturated carbocycles. The first-order valence-electron chi connectivity index (χ1n) is 14.2. The Labute approximate surface area is 312 Å². The number of nitrogens with two attached hydrogens (primary N) is 1. The number of hydrogen-bond acceptors (Lipinski definition) is 10. The summed E-state index contributed by atoms with van der Waals surface area (Å²) in [5, 5.41) is 3.72. The minimum absolute atomic E-state index is 0.00750. The van der Waals surface area contributed by atoms with Gasteiger partial charge in [0.15, 0.2) is 11.0 Å². The molecule has 0 fully saturated rings. The van der Waals surface area contributed by atoms with Gasteiger partial charge in [-0.2, -0.15) is 4.98 Å².